The molecule has 0 unspecified atom stereocenters. The topological polar surface area (TPSA) is 120 Å². The number of rotatable bonds is 9. The van der Waals surface area contributed by atoms with Gasteiger partial charge in [-0.3, -0.25) is 4.98 Å². The van der Waals surface area contributed by atoms with E-state index in [4.69, 9.17) is 4.18 Å². The maximum Gasteiger partial charge on any atom is 0.357 e. The van der Waals surface area contributed by atoms with Gasteiger partial charge in [-0.05, 0) is 29.7 Å². The molecule has 0 radical (unpaired) electrons. The molecule has 0 fully saturated rings. The molecule has 0 aliphatic carbocycles. The lowest BCUT2D eigenvalue weighted by molar-refractivity contribution is 0.468. The Hall–Kier alpha value is -2.83. The number of imidazole rings is 1. The number of hydrogen-bond acceptors (Lipinski definition) is 7. The SMILES string of the molecule is CC(C)c1nc(CNS(C)(=O)=O)n(Cc2cccnc2)c1S(=O)(=O)Oc1cccc(F)c1. The van der Waals surface area contributed by atoms with Crippen molar-refractivity contribution in [3.63, 3.8) is 0 Å². The van der Waals surface area contributed by atoms with Crippen molar-refractivity contribution in [3.8, 4) is 5.75 Å². The second-order valence-corrected chi connectivity index (χ2v) is 10.7. The molecule has 0 atom stereocenters. The smallest absolute Gasteiger partial charge is 0.357 e. The second kappa shape index (κ2) is 9.35. The Morgan fingerprint density at radius 3 is 2.50 bits per heavy atom. The number of pyridine rings is 1. The first-order valence-corrected chi connectivity index (χ1v) is 12.9. The van der Waals surface area contributed by atoms with Gasteiger partial charge in [-0.2, -0.15) is 8.42 Å². The molecule has 1 aromatic carbocycles. The van der Waals surface area contributed by atoms with Gasteiger partial charge in [0.05, 0.1) is 25.0 Å². The van der Waals surface area contributed by atoms with Crippen molar-refractivity contribution in [2.75, 3.05) is 6.26 Å². The van der Waals surface area contributed by atoms with Crippen molar-refractivity contribution in [2.24, 2.45) is 0 Å². The van der Waals surface area contributed by atoms with E-state index in [1.807, 2.05) is 0 Å². The zero-order valence-corrected chi connectivity index (χ0v) is 19.3. The van der Waals surface area contributed by atoms with Crippen LogP contribution in [0.2, 0.25) is 0 Å². The number of aromatic nitrogens is 3. The third kappa shape index (κ3) is 5.90. The molecule has 0 aliphatic rings. The zero-order valence-electron chi connectivity index (χ0n) is 17.7. The molecule has 0 aliphatic heterocycles. The largest absolute Gasteiger partial charge is 0.378 e. The van der Waals surface area contributed by atoms with Gasteiger partial charge in [0.1, 0.15) is 17.4 Å². The third-order valence-electron chi connectivity index (χ3n) is 4.37. The fourth-order valence-electron chi connectivity index (χ4n) is 2.99. The highest BCUT2D eigenvalue weighted by molar-refractivity contribution is 7.88. The van der Waals surface area contributed by atoms with E-state index in [-0.39, 0.29) is 41.3 Å². The fraction of sp³-hybridized carbons (Fsp3) is 0.300. The van der Waals surface area contributed by atoms with Crippen molar-refractivity contribution < 1.29 is 25.4 Å². The van der Waals surface area contributed by atoms with Gasteiger partial charge in [-0.15, -0.1) is 0 Å². The first-order chi connectivity index (χ1) is 15.0. The van der Waals surface area contributed by atoms with Crippen LogP contribution in [0.3, 0.4) is 0 Å². The van der Waals surface area contributed by atoms with Gasteiger partial charge in [-0.25, -0.2) is 22.5 Å². The van der Waals surface area contributed by atoms with E-state index in [1.54, 1.807) is 38.4 Å². The molecular weight excluding hydrogens is 459 g/mol. The van der Waals surface area contributed by atoms with Gasteiger partial charge in [0.2, 0.25) is 10.0 Å². The monoisotopic (exact) mass is 482 g/mol. The molecule has 2 aromatic heterocycles. The van der Waals surface area contributed by atoms with E-state index in [0.29, 0.717) is 5.56 Å². The molecule has 0 saturated heterocycles. The van der Waals surface area contributed by atoms with Gasteiger partial charge in [0.15, 0.2) is 5.03 Å². The molecule has 3 aromatic rings. The molecule has 9 nitrogen and oxygen atoms in total. The Bertz CT molecular complexity index is 1310. The van der Waals surface area contributed by atoms with Crippen molar-refractivity contribution >= 4 is 20.1 Å². The predicted molar refractivity (Wildman–Crippen MR) is 116 cm³/mol. The lowest BCUT2D eigenvalue weighted by atomic mass is 10.1. The maximum atomic E-state index is 13.6. The highest BCUT2D eigenvalue weighted by Crippen LogP contribution is 2.29. The van der Waals surface area contributed by atoms with E-state index in [2.05, 4.69) is 14.7 Å². The molecule has 2 heterocycles. The Labute approximate surface area is 186 Å². The summed E-state index contributed by atoms with van der Waals surface area (Å²) in [6.45, 7) is 3.33. The second-order valence-electron chi connectivity index (χ2n) is 7.41. The average molecular weight is 483 g/mol. The number of hydrogen-bond donors (Lipinski definition) is 1. The van der Waals surface area contributed by atoms with Crippen molar-refractivity contribution in [2.45, 2.75) is 37.9 Å². The summed E-state index contributed by atoms with van der Waals surface area (Å²) in [4.78, 5) is 8.46. The Morgan fingerprint density at radius 2 is 1.91 bits per heavy atom. The van der Waals surface area contributed by atoms with E-state index in [1.165, 1.54) is 22.8 Å². The molecule has 3 rings (SSSR count). The number of halogens is 1. The van der Waals surface area contributed by atoms with Gasteiger partial charge in [0.25, 0.3) is 0 Å². The van der Waals surface area contributed by atoms with Crippen LogP contribution in [-0.4, -0.2) is 37.6 Å². The molecule has 0 bridgehead atoms. The molecule has 0 spiro atoms. The van der Waals surface area contributed by atoms with Crippen LogP contribution in [0.15, 0.2) is 53.8 Å². The van der Waals surface area contributed by atoms with Gasteiger partial charge in [-0.1, -0.05) is 26.0 Å². The summed E-state index contributed by atoms with van der Waals surface area (Å²) in [5.74, 6) is -0.985. The van der Waals surface area contributed by atoms with Crippen molar-refractivity contribution in [1.82, 2.24) is 19.3 Å². The Balaban J connectivity index is 2.15. The molecule has 0 saturated carbocycles. The van der Waals surface area contributed by atoms with Crippen LogP contribution in [0.1, 0.15) is 36.8 Å². The van der Waals surface area contributed by atoms with Crippen LogP contribution in [0.25, 0.3) is 0 Å². The van der Waals surface area contributed by atoms with Crippen LogP contribution in [-0.2, 0) is 33.2 Å². The van der Waals surface area contributed by atoms with Gasteiger partial charge >= 0.3 is 10.1 Å². The highest BCUT2D eigenvalue weighted by atomic mass is 32.2. The molecule has 0 amide bonds. The zero-order chi connectivity index (χ0) is 23.5. The predicted octanol–water partition coefficient (Wildman–Crippen LogP) is 2.41. The van der Waals surface area contributed by atoms with Crippen molar-refractivity contribution in [3.05, 3.63) is 71.7 Å². The molecular formula is C20H23FN4O5S2. The summed E-state index contributed by atoms with van der Waals surface area (Å²) in [5, 5.41) is -0.231. The minimum atomic E-state index is -4.45. The fourth-order valence-corrected chi connectivity index (χ4v) is 4.80. The maximum absolute atomic E-state index is 13.6. The van der Waals surface area contributed by atoms with E-state index >= 15 is 0 Å². The third-order valence-corrected chi connectivity index (χ3v) is 6.35. The minimum Gasteiger partial charge on any atom is -0.378 e. The average Bonchev–Trinajstić information content (AvgIpc) is 3.06. The molecule has 12 heteroatoms. The van der Waals surface area contributed by atoms with Gasteiger partial charge in [0, 0.05) is 18.5 Å². The lowest BCUT2D eigenvalue weighted by Gasteiger charge is -2.14. The summed E-state index contributed by atoms with van der Waals surface area (Å²) in [6.07, 6.45) is 4.13. The summed E-state index contributed by atoms with van der Waals surface area (Å²) in [5.41, 5.74) is 0.874. The van der Waals surface area contributed by atoms with E-state index in [0.717, 1.165) is 12.3 Å². The Morgan fingerprint density at radius 1 is 1.16 bits per heavy atom. The quantitative estimate of drug-likeness (QED) is 0.465. The molecule has 1 N–H and O–H groups in total. The minimum absolute atomic E-state index is 0.0510. The van der Waals surface area contributed by atoms with Crippen LogP contribution in [0.5, 0.6) is 5.75 Å². The lowest BCUT2D eigenvalue weighted by Crippen LogP contribution is -2.25. The molecule has 172 valence electrons. The first kappa shape index (κ1) is 23.8. The summed E-state index contributed by atoms with van der Waals surface area (Å²) < 4.78 is 72.4. The first-order valence-electron chi connectivity index (χ1n) is 9.59. The van der Waals surface area contributed by atoms with Crippen LogP contribution in [0, 0.1) is 5.82 Å². The van der Waals surface area contributed by atoms with Crippen LogP contribution < -0.4 is 8.91 Å². The summed E-state index contributed by atoms with van der Waals surface area (Å²) >= 11 is 0. The van der Waals surface area contributed by atoms with Crippen LogP contribution in [0.4, 0.5) is 4.39 Å². The number of benzene rings is 1. The van der Waals surface area contributed by atoms with E-state index < -0.39 is 26.0 Å². The standard InChI is InChI=1S/C20H23FN4O5S2/c1-14(2)19-20(32(28,29)30-17-8-4-7-16(21)10-17)25(13-15-6-5-9-22-11-15)18(24-19)12-23-31(3,26)27/h4-11,14,23H,12-13H2,1-3H3. The summed E-state index contributed by atoms with van der Waals surface area (Å²) in [7, 11) is -8.02. The normalized spacial score (nSPS) is 12.3. The highest BCUT2D eigenvalue weighted by Gasteiger charge is 2.31. The van der Waals surface area contributed by atoms with Gasteiger partial charge < -0.3 is 8.75 Å². The summed E-state index contributed by atoms with van der Waals surface area (Å²) in [6, 6.07) is 8.23. The number of sulfonamides is 1. The van der Waals surface area contributed by atoms with E-state index in [9.17, 15) is 21.2 Å². The van der Waals surface area contributed by atoms with Crippen molar-refractivity contribution in [1.29, 1.82) is 0 Å². The number of nitrogens with one attached hydrogen (secondary N) is 1. The molecule has 32 heavy (non-hydrogen) atoms. The van der Waals surface area contributed by atoms with Crippen LogP contribution >= 0.6 is 0 Å². The number of nitrogens with zero attached hydrogens (tertiary/aromatic N) is 3. The Kier molecular flexibility index (Phi) is 6.96.